The molecule has 2 bridgehead atoms. The van der Waals surface area contributed by atoms with E-state index in [9.17, 15) is 0 Å². The Kier molecular flexibility index (Phi) is 2.40. The zero-order valence-electron chi connectivity index (χ0n) is 9.39. The molecule has 0 saturated carbocycles. The standard InChI is InChI=1S/C11H16N4O/c1-16-11-3-2-10(13-14-11)15-7-8-4-9(15)6-12-5-8/h2-3,8-9,12H,4-7H2,1H3. The first-order chi connectivity index (χ1) is 7.86. The molecule has 86 valence electrons. The zero-order chi connectivity index (χ0) is 11.0. The summed E-state index contributed by atoms with van der Waals surface area (Å²) in [6.07, 6.45) is 1.28. The highest BCUT2D eigenvalue weighted by Gasteiger charge is 2.35. The molecule has 3 heterocycles. The van der Waals surface area contributed by atoms with E-state index in [2.05, 4.69) is 20.4 Å². The topological polar surface area (TPSA) is 50.3 Å². The zero-order valence-corrected chi connectivity index (χ0v) is 9.39. The van der Waals surface area contributed by atoms with Crippen molar-refractivity contribution >= 4 is 5.82 Å². The molecule has 2 unspecified atom stereocenters. The molecule has 16 heavy (non-hydrogen) atoms. The third kappa shape index (κ3) is 1.61. The van der Waals surface area contributed by atoms with Gasteiger partial charge in [0.25, 0.3) is 0 Å². The molecular weight excluding hydrogens is 204 g/mol. The summed E-state index contributed by atoms with van der Waals surface area (Å²) in [6.45, 7) is 3.29. The summed E-state index contributed by atoms with van der Waals surface area (Å²) in [6, 6.07) is 4.45. The van der Waals surface area contributed by atoms with Crippen molar-refractivity contribution in [2.75, 3.05) is 31.6 Å². The Hall–Kier alpha value is -1.36. The van der Waals surface area contributed by atoms with Crippen molar-refractivity contribution in [3.63, 3.8) is 0 Å². The van der Waals surface area contributed by atoms with Gasteiger partial charge in [0.15, 0.2) is 5.82 Å². The summed E-state index contributed by atoms with van der Waals surface area (Å²) in [4.78, 5) is 2.36. The second-order valence-corrected chi connectivity index (χ2v) is 4.50. The van der Waals surface area contributed by atoms with Crippen LogP contribution in [0.5, 0.6) is 5.88 Å². The van der Waals surface area contributed by atoms with E-state index in [4.69, 9.17) is 4.74 Å². The fraction of sp³-hybridized carbons (Fsp3) is 0.636. The molecule has 2 aliphatic rings. The summed E-state index contributed by atoms with van der Waals surface area (Å²) in [7, 11) is 1.61. The average molecular weight is 220 g/mol. The smallest absolute Gasteiger partial charge is 0.233 e. The molecule has 2 aliphatic heterocycles. The summed E-state index contributed by atoms with van der Waals surface area (Å²) < 4.78 is 5.01. The average Bonchev–Trinajstić information content (AvgIpc) is 2.64. The van der Waals surface area contributed by atoms with Crippen molar-refractivity contribution < 1.29 is 4.74 Å². The number of anilines is 1. The number of ether oxygens (including phenoxy) is 1. The Labute approximate surface area is 94.8 Å². The van der Waals surface area contributed by atoms with Gasteiger partial charge in [-0.25, -0.2) is 0 Å². The number of piperidine rings is 1. The Balaban J connectivity index is 1.81. The van der Waals surface area contributed by atoms with Crippen molar-refractivity contribution in [1.29, 1.82) is 0 Å². The third-order valence-electron chi connectivity index (χ3n) is 3.44. The second-order valence-electron chi connectivity index (χ2n) is 4.50. The molecule has 5 nitrogen and oxygen atoms in total. The normalized spacial score (nSPS) is 28.2. The van der Waals surface area contributed by atoms with Gasteiger partial charge in [0.2, 0.25) is 5.88 Å². The van der Waals surface area contributed by atoms with Crippen LogP contribution in [0.1, 0.15) is 6.42 Å². The summed E-state index contributed by atoms with van der Waals surface area (Å²) in [5.74, 6) is 2.31. The van der Waals surface area contributed by atoms with Gasteiger partial charge in [-0.3, -0.25) is 0 Å². The second kappa shape index (κ2) is 3.90. The van der Waals surface area contributed by atoms with E-state index < -0.39 is 0 Å². The maximum Gasteiger partial charge on any atom is 0.233 e. The fourth-order valence-electron chi connectivity index (χ4n) is 2.66. The van der Waals surface area contributed by atoms with Crippen LogP contribution in [0.15, 0.2) is 12.1 Å². The van der Waals surface area contributed by atoms with Crippen molar-refractivity contribution in [3.8, 4) is 5.88 Å². The lowest BCUT2D eigenvalue weighted by Crippen LogP contribution is -2.39. The van der Waals surface area contributed by atoms with Crippen LogP contribution in [0, 0.1) is 5.92 Å². The number of methoxy groups -OCH3 is 1. The van der Waals surface area contributed by atoms with Crippen molar-refractivity contribution in [1.82, 2.24) is 15.5 Å². The van der Waals surface area contributed by atoms with E-state index >= 15 is 0 Å². The maximum absolute atomic E-state index is 5.01. The van der Waals surface area contributed by atoms with Gasteiger partial charge in [0.05, 0.1) is 7.11 Å². The molecular formula is C11H16N4O. The van der Waals surface area contributed by atoms with Crippen LogP contribution < -0.4 is 15.0 Å². The number of hydrogen-bond donors (Lipinski definition) is 1. The molecule has 2 saturated heterocycles. The highest BCUT2D eigenvalue weighted by Crippen LogP contribution is 2.29. The fourth-order valence-corrected chi connectivity index (χ4v) is 2.66. The van der Waals surface area contributed by atoms with E-state index in [0.29, 0.717) is 11.9 Å². The first-order valence-corrected chi connectivity index (χ1v) is 5.72. The monoisotopic (exact) mass is 220 g/mol. The number of nitrogens with one attached hydrogen (secondary N) is 1. The van der Waals surface area contributed by atoms with E-state index in [1.165, 1.54) is 6.42 Å². The predicted octanol–water partition coefficient (Wildman–Crippen LogP) is 0.283. The largest absolute Gasteiger partial charge is 0.480 e. The Morgan fingerprint density at radius 1 is 1.38 bits per heavy atom. The molecule has 3 rings (SSSR count). The summed E-state index contributed by atoms with van der Waals surface area (Å²) >= 11 is 0. The molecule has 0 aromatic carbocycles. The predicted molar refractivity (Wildman–Crippen MR) is 60.7 cm³/mol. The first kappa shape index (κ1) is 9.84. The number of hydrogen-bond acceptors (Lipinski definition) is 5. The SMILES string of the molecule is COc1ccc(N2CC3CNCC2C3)nn1. The van der Waals surface area contributed by atoms with E-state index in [1.54, 1.807) is 7.11 Å². The van der Waals surface area contributed by atoms with Gasteiger partial charge < -0.3 is 15.0 Å². The van der Waals surface area contributed by atoms with Gasteiger partial charge in [-0.2, -0.15) is 0 Å². The van der Waals surface area contributed by atoms with Crippen LogP contribution in [-0.4, -0.2) is 43.0 Å². The Morgan fingerprint density at radius 2 is 2.31 bits per heavy atom. The molecule has 2 atom stereocenters. The van der Waals surface area contributed by atoms with Crippen LogP contribution in [0.3, 0.4) is 0 Å². The van der Waals surface area contributed by atoms with Crippen molar-refractivity contribution in [2.24, 2.45) is 5.92 Å². The van der Waals surface area contributed by atoms with Gasteiger partial charge in [-0.1, -0.05) is 0 Å². The van der Waals surface area contributed by atoms with Crippen LogP contribution in [0.4, 0.5) is 5.82 Å². The van der Waals surface area contributed by atoms with E-state index in [-0.39, 0.29) is 0 Å². The van der Waals surface area contributed by atoms with Gasteiger partial charge >= 0.3 is 0 Å². The summed E-state index contributed by atoms with van der Waals surface area (Å²) in [5, 5.41) is 11.7. The van der Waals surface area contributed by atoms with Crippen LogP contribution in [-0.2, 0) is 0 Å². The minimum atomic E-state index is 0.573. The van der Waals surface area contributed by atoms with Crippen LogP contribution >= 0.6 is 0 Å². The molecule has 5 heteroatoms. The van der Waals surface area contributed by atoms with Gasteiger partial charge in [0, 0.05) is 25.2 Å². The van der Waals surface area contributed by atoms with Crippen molar-refractivity contribution in [2.45, 2.75) is 12.5 Å². The number of rotatable bonds is 2. The molecule has 0 radical (unpaired) electrons. The number of aromatic nitrogens is 2. The molecule has 1 N–H and O–H groups in total. The quantitative estimate of drug-likeness (QED) is 0.776. The minimum absolute atomic E-state index is 0.573. The molecule has 2 fully saturated rings. The number of fused-ring (bicyclic) bond motifs is 2. The van der Waals surface area contributed by atoms with E-state index in [0.717, 1.165) is 31.4 Å². The molecule has 0 spiro atoms. The third-order valence-corrected chi connectivity index (χ3v) is 3.44. The highest BCUT2D eigenvalue weighted by molar-refractivity contribution is 5.42. The molecule has 1 aromatic heterocycles. The van der Waals surface area contributed by atoms with Gasteiger partial charge in [-0.05, 0) is 24.9 Å². The minimum Gasteiger partial charge on any atom is -0.480 e. The maximum atomic E-state index is 5.01. The van der Waals surface area contributed by atoms with Crippen molar-refractivity contribution in [3.05, 3.63) is 12.1 Å². The van der Waals surface area contributed by atoms with Crippen LogP contribution in [0.25, 0.3) is 0 Å². The lowest BCUT2D eigenvalue weighted by molar-refractivity contribution is 0.391. The van der Waals surface area contributed by atoms with Crippen LogP contribution in [0.2, 0.25) is 0 Å². The lowest BCUT2D eigenvalue weighted by atomic mass is 10.0. The lowest BCUT2D eigenvalue weighted by Gasteiger charge is -2.25. The molecule has 1 aromatic rings. The molecule has 0 aliphatic carbocycles. The molecule has 0 amide bonds. The Morgan fingerprint density at radius 3 is 3.00 bits per heavy atom. The summed E-state index contributed by atoms with van der Waals surface area (Å²) in [5.41, 5.74) is 0. The number of nitrogens with zero attached hydrogens (tertiary/aromatic N) is 3. The highest BCUT2D eigenvalue weighted by atomic mass is 16.5. The first-order valence-electron chi connectivity index (χ1n) is 5.72. The van der Waals surface area contributed by atoms with Gasteiger partial charge in [0.1, 0.15) is 0 Å². The van der Waals surface area contributed by atoms with E-state index in [1.807, 2.05) is 12.1 Å². The Bertz CT molecular complexity index is 367. The van der Waals surface area contributed by atoms with Gasteiger partial charge in [-0.15, -0.1) is 10.2 Å².